The highest BCUT2D eigenvalue weighted by atomic mass is 35.5. The molecule has 1 aliphatic rings. The van der Waals surface area contributed by atoms with Gasteiger partial charge in [-0.1, -0.05) is 29.3 Å². The standard InChI is InChI=1S/C15H12Cl2N2O4/c16-10-2-1-3-11(17)9(10)4-13(20)19-5-8(6-19)14-18-12(7-23-14)15(21)22/h1-3,7-8H,4-6H2,(H,21,22). The fourth-order valence-corrected chi connectivity index (χ4v) is 2.91. The first-order valence-corrected chi connectivity index (χ1v) is 7.60. The molecule has 1 saturated heterocycles. The molecule has 1 aromatic carbocycles. The lowest BCUT2D eigenvalue weighted by molar-refractivity contribution is -0.135. The molecule has 8 heteroatoms. The molecule has 1 aromatic heterocycles. The maximum atomic E-state index is 12.3. The number of hydrogen-bond acceptors (Lipinski definition) is 4. The number of carbonyl (C=O) groups excluding carboxylic acids is 1. The van der Waals surface area contributed by atoms with Gasteiger partial charge in [0.25, 0.3) is 0 Å². The van der Waals surface area contributed by atoms with Crippen LogP contribution >= 0.6 is 23.2 Å². The van der Waals surface area contributed by atoms with Crippen LogP contribution in [0.4, 0.5) is 0 Å². The molecule has 3 rings (SSSR count). The largest absolute Gasteiger partial charge is 0.476 e. The summed E-state index contributed by atoms with van der Waals surface area (Å²) in [7, 11) is 0. The van der Waals surface area contributed by atoms with Crippen LogP contribution in [0, 0.1) is 0 Å². The number of likely N-dealkylation sites (tertiary alicyclic amines) is 1. The molecule has 1 amide bonds. The lowest BCUT2D eigenvalue weighted by atomic mass is 9.99. The van der Waals surface area contributed by atoms with Crippen molar-refractivity contribution < 1.29 is 19.1 Å². The lowest BCUT2D eigenvalue weighted by Crippen LogP contribution is -2.49. The summed E-state index contributed by atoms with van der Waals surface area (Å²) in [5.74, 6) is -0.988. The molecule has 120 valence electrons. The number of aromatic nitrogens is 1. The van der Waals surface area contributed by atoms with Crippen LogP contribution in [0.5, 0.6) is 0 Å². The number of nitrogens with zero attached hydrogens (tertiary/aromatic N) is 2. The summed E-state index contributed by atoms with van der Waals surface area (Å²) >= 11 is 12.1. The second-order valence-electron chi connectivity index (χ2n) is 5.25. The van der Waals surface area contributed by atoms with Crippen LogP contribution in [0.15, 0.2) is 28.9 Å². The molecular weight excluding hydrogens is 343 g/mol. The molecule has 0 radical (unpaired) electrons. The van der Waals surface area contributed by atoms with Gasteiger partial charge in [-0.05, 0) is 17.7 Å². The minimum absolute atomic E-state index is 0.0891. The number of benzene rings is 1. The van der Waals surface area contributed by atoms with Crippen molar-refractivity contribution in [1.82, 2.24) is 9.88 Å². The monoisotopic (exact) mass is 354 g/mol. The SMILES string of the molecule is O=C(O)c1coc(C2CN(C(=O)Cc3c(Cl)cccc3Cl)C2)n1. The third kappa shape index (κ3) is 3.18. The van der Waals surface area contributed by atoms with Gasteiger partial charge < -0.3 is 14.4 Å². The van der Waals surface area contributed by atoms with E-state index in [9.17, 15) is 9.59 Å². The molecule has 23 heavy (non-hydrogen) atoms. The summed E-state index contributed by atoms with van der Waals surface area (Å²) < 4.78 is 5.14. The van der Waals surface area contributed by atoms with Gasteiger partial charge in [-0.3, -0.25) is 4.79 Å². The van der Waals surface area contributed by atoms with Crippen molar-refractivity contribution in [2.24, 2.45) is 0 Å². The molecule has 0 saturated carbocycles. The molecule has 0 bridgehead atoms. The molecule has 0 spiro atoms. The van der Waals surface area contributed by atoms with E-state index in [2.05, 4.69) is 4.98 Å². The highest BCUT2D eigenvalue weighted by Crippen LogP contribution is 2.29. The molecule has 0 aliphatic carbocycles. The normalized spacial score (nSPS) is 14.6. The fourth-order valence-electron chi connectivity index (χ4n) is 2.38. The van der Waals surface area contributed by atoms with E-state index < -0.39 is 5.97 Å². The van der Waals surface area contributed by atoms with Crippen molar-refractivity contribution in [1.29, 1.82) is 0 Å². The van der Waals surface area contributed by atoms with Crippen LogP contribution in [0.2, 0.25) is 10.0 Å². The van der Waals surface area contributed by atoms with E-state index in [1.54, 1.807) is 23.1 Å². The van der Waals surface area contributed by atoms with Crippen LogP contribution in [-0.4, -0.2) is 40.0 Å². The lowest BCUT2D eigenvalue weighted by Gasteiger charge is -2.37. The average Bonchev–Trinajstić information content (AvgIpc) is 2.91. The van der Waals surface area contributed by atoms with Gasteiger partial charge in [-0.15, -0.1) is 0 Å². The number of aromatic carboxylic acids is 1. The first-order valence-electron chi connectivity index (χ1n) is 6.85. The molecule has 2 aromatic rings. The van der Waals surface area contributed by atoms with Gasteiger partial charge in [0.15, 0.2) is 5.69 Å². The minimum Gasteiger partial charge on any atom is -0.476 e. The maximum Gasteiger partial charge on any atom is 0.357 e. The first kappa shape index (κ1) is 15.8. The third-order valence-electron chi connectivity index (χ3n) is 3.71. The van der Waals surface area contributed by atoms with Crippen molar-refractivity contribution in [3.05, 3.63) is 51.7 Å². The highest BCUT2D eigenvalue weighted by Gasteiger charge is 2.35. The molecule has 1 N–H and O–H groups in total. The molecule has 1 fully saturated rings. The highest BCUT2D eigenvalue weighted by molar-refractivity contribution is 6.36. The van der Waals surface area contributed by atoms with Crippen LogP contribution in [0.3, 0.4) is 0 Å². The summed E-state index contributed by atoms with van der Waals surface area (Å²) in [5, 5.41) is 9.73. The van der Waals surface area contributed by atoms with Gasteiger partial charge in [0, 0.05) is 23.1 Å². The number of carbonyl (C=O) groups is 2. The summed E-state index contributed by atoms with van der Waals surface area (Å²) in [6.45, 7) is 0.862. The van der Waals surface area contributed by atoms with Crippen molar-refractivity contribution >= 4 is 35.1 Å². The van der Waals surface area contributed by atoms with Gasteiger partial charge >= 0.3 is 5.97 Å². The smallest absolute Gasteiger partial charge is 0.357 e. The Morgan fingerprint density at radius 2 is 1.96 bits per heavy atom. The van der Waals surface area contributed by atoms with E-state index in [0.717, 1.165) is 6.26 Å². The Kier molecular flexibility index (Phi) is 4.28. The van der Waals surface area contributed by atoms with Crippen LogP contribution in [0.25, 0.3) is 0 Å². The van der Waals surface area contributed by atoms with E-state index in [-0.39, 0.29) is 23.9 Å². The van der Waals surface area contributed by atoms with E-state index >= 15 is 0 Å². The molecule has 6 nitrogen and oxygen atoms in total. The summed E-state index contributed by atoms with van der Waals surface area (Å²) in [5.41, 5.74) is 0.473. The van der Waals surface area contributed by atoms with Crippen molar-refractivity contribution in [3.63, 3.8) is 0 Å². The second kappa shape index (κ2) is 6.22. The predicted octanol–water partition coefficient (Wildman–Crippen LogP) is 2.85. The zero-order valence-corrected chi connectivity index (χ0v) is 13.3. The fraction of sp³-hybridized carbons (Fsp3) is 0.267. The Morgan fingerprint density at radius 3 is 2.52 bits per heavy atom. The summed E-state index contributed by atoms with van der Waals surface area (Å²) in [4.78, 5) is 28.5. The maximum absolute atomic E-state index is 12.3. The third-order valence-corrected chi connectivity index (χ3v) is 4.42. The summed E-state index contributed by atoms with van der Waals surface area (Å²) in [6.07, 6.45) is 1.23. The van der Waals surface area contributed by atoms with Crippen molar-refractivity contribution in [3.8, 4) is 0 Å². The number of carboxylic acids is 1. The Hall–Kier alpha value is -2.05. The van der Waals surface area contributed by atoms with Crippen LogP contribution in [-0.2, 0) is 11.2 Å². The number of carboxylic acid groups (broad SMARTS) is 1. The Labute approximate surface area is 141 Å². The Morgan fingerprint density at radius 1 is 1.30 bits per heavy atom. The number of rotatable bonds is 4. The average molecular weight is 355 g/mol. The van der Waals surface area contributed by atoms with Gasteiger partial charge in [-0.2, -0.15) is 0 Å². The van der Waals surface area contributed by atoms with E-state index in [1.165, 1.54) is 0 Å². The van der Waals surface area contributed by atoms with E-state index in [4.69, 9.17) is 32.7 Å². The number of halogens is 2. The van der Waals surface area contributed by atoms with Crippen LogP contribution in [0.1, 0.15) is 27.9 Å². The molecule has 0 atom stereocenters. The van der Waals surface area contributed by atoms with Crippen molar-refractivity contribution in [2.45, 2.75) is 12.3 Å². The topological polar surface area (TPSA) is 83.6 Å². The van der Waals surface area contributed by atoms with Crippen molar-refractivity contribution in [2.75, 3.05) is 13.1 Å². The number of amides is 1. The summed E-state index contributed by atoms with van der Waals surface area (Å²) in [6, 6.07) is 5.10. The Balaban J connectivity index is 1.60. The number of oxazole rings is 1. The van der Waals surface area contributed by atoms with E-state index in [1.807, 2.05) is 0 Å². The molecular formula is C15H12Cl2N2O4. The zero-order valence-electron chi connectivity index (χ0n) is 11.8. The van der Waals surface area contributed by atoms with Crippen LogP contribution < -0.4 is 0 Å². The molecule has 1 aliphatic heterocycles. The second-order valence-corrected chi connectivity index (χ2v) is 6.06. The van der Waals surface area contributed by atoms with E-state index in [0.29, 0.717) is 34.6 Å². The molecule has 2 heterocycles. The molecule has 0 unspecified atom stereocenters. The predicted molar refractivity (Wildman–Crippen MR) is 82.9 cm³/mol. The van der Waals surface area contributed by atoms with Gasteiger partial charge in [-0.25, -0.2) is 9.78 Å². The quantitative estimate of drug-likeness (QED) is 0.912. The Bertz CT molecular complexity index is 748. The number of hydrogen-bond donors (Lipinski definition) is 1. The minimum atomic E-state index is -1.14. The van der Waals surface area contributed by atoms with Gasteiger partial charge in [0.1, 0.15) is 6.26 Å². The van der Waals surface area contributed by atoms with Gasteiger partial charge in [0.2, 0.25) is 11.8 Å². The zero-order chi connectivity index (χ0) is 16.6. The first-order chi connectivity index (χ1) is 11.0. The van der Waals surface area contributed by atoms with Gasteiger partial charge in [0.05, 0.1) is 12.3 Å².